The van der Waals surface area contributed by atoms with Gasteiger partial charge in [0.2, 0.25) is 0 Å². The van der Waals surface area contributed by atoms with Crippen LogP contribution in [-0.4, -0.2) is 18.5 Å². The molecule has 106 valence electrons. The fourth-order valence-electron chi connectivity index (χ4n) is 3.67. The number of benzene rings is 2. The SMILES string of the molecule is CN1c2ccc(N=O)cc2CN2CCc3ccccc3[C@H]21. The molecule has 0 fully saturated rings. The third kappa shape index (κ3) is 1.87. The maximum atomic E-state index is 10.7. The minimum absolute atomic E-state index is 0.289. The third-order valence-electron chi connectivity index (χ3n) is 4.64. The number of anilines is 1. The maximum Gasteiger partial charge on any atom is 0.109 e. The second-order valence-corrected chi connectivity index (χ2v) is 5.81. The summed E-state index contributed by atoms with van der Waals surface area (Å²) in [6.07, 6.45) is 1.37. The predicted octanol–water partition coefficient (Wildman–Crippen LogP) is 3.59. The highest BCUT2D eigenvalue weighted by Crippen LogP contribution is 2.42. The molecule has 2 heterocycles. The Morgan fingerprint density at radius 3 is 2.86 bits per heavy atom. The van der Waals surface area contributed by atoms with Crippen LogP contribution in [0.2, 0.25) is 0 Å². The van der Waals surface area contributed by atoms with Gasteiger partial charge in [0.1, 0.15) is 11.9 Å². The molecule has 2 aliphatic heterocycles. The van der Waals surface area contributed by atoms with Crippen LogP contribution < -0.4 is 4.90 Å². The molecule has 21 heavy (non-hydrogen) atoms. The Bertz CT molecular complexity index is 713. The summed E-state index contributed by atoms with van der Waals surface area (Å²) in [6.45, 7) is 1.92. The molecule has 0 bridgehead atoms. The Kier molecular flexibility index (Phi) is 2.79. The summed E-state index contributed by atoms with van der Waals surface area (Å²) in [4.78, 5) is 15.5. The lowest BCUT2D eigenvalue weighted by Gasteiger charge is -2.47. The summed E-state index contributed by atoms with van der Waals surface area (Å²) < 4.78 is 0. The topological polar surface area (TPSA) is 35.9 Å². The largest absolute Gasteiger partial charge is 0.355 e. The quantitative estimate of drug-likeness (QED) is 0.748. The van der Waals surface area contributed by atoms with Crippen LogP contribution in [-0.2, 0) is 13.0 Å². The van der Waals surface area contributed by atoms with E-state index in [0.29, 0.717) is 5.69 Å². The number of nitrogens with zero attached hydrogens (tertiary/aromatic N) is 3. The molecule has 0 saturated carbocycles. The second kappa shape index (κ2) is 4.67. The summed E-state index contributed by atoms with van der Waals surface area (Å²) >= 11 is 0. The lowest BCUT2D eigenvalue weighted by Crippen LogP contribution is -2.47. The Morgan fingerprint density at radius 2 is 2.00 bits per heavy atom. The number of hydrogen-bond acceptors (Lipinski definition) is 4. The smallest absolute Gasteiger partial charge is 0.109 e. The van der Waals surface area contributed by atoms with Crippen molar-refractivity contribution in [1.82, 2.24) is 4.90 Å². The molecule has 0 unspecified atom stereocenters. The molecule has 1 atom stereocenters. The molecular formula is C17H17N3O. The second-order valence-electron chi connectivity index (χ2n) is 5.81. The monoisotopic (exact) mass is 279 g/mol. The van der Waals surface area contributed by atoms with Crippen LogP contribution in [0.3, 0.4) is 0 Å². The molecule has 4 nitrogen and oxygen atoms in total. The average Bonchev–Trinajstić information content (AvgIpc) is 2.54. The minimum atomic E-state index is 0.289. The molecule has 4 rings (SSSR count). The van der Waals surface area contributed by atoms with Gasteiger partial charge in [0.25, 0.3) is 0 Å². The lowest BCUT2D eigenvalue weighted by atomic mass is 9.93. The van der Waals surface area contributed by atoms with Crippen molar-refractivity contribution in [3.8, 4) is 0 Å². The van der Waals surface area contributed by atoms with Crippen molar-refractivity contribution in [3.63, 3.8) is 0 Å². The zero-order chi connectivity index (χ0) is 14.4. The van der Waals surface area contributed by atoms with Crippen molar-refractivity contribution < 1.29 is 0 Å². The first-order valence-electron chi connectivity index (χ1n) is 7.29. The lowest BCUT2D eigenvalue weighted by molar-refractivity contribution is 0.164. The number of fused-ring (bicyclic) bond motifs is 4. The molecule has 2 aromatic rings. The van der Waals surface area contributed by atoms with Crippen LogP contribution in [0.5, 0.6) is 0 Å². The van der Waals surface area contributed by atoms with Gasteiger partial charge < -0.3 is 4.90 Å². The Labute approximate surface area is 124 Å². The van der Waals surface area contributed by atoms with Gasteiger partial charge in [-0.15, -0.1) is 4.91 Å². The molecule has 0 aromatic heterocycles. The van der Waals surface area contributed by atoms with Crippen molar-refractivity contribution in [1.29, 1.82) is 0 Å². The summed E-state index contributed by atoms with van der Waals surface area (Å²) in [7, 11) is 2.13. The van der Waals surface area contributed by atoms with Crippen molar-refractivity contribution in [2.75, 3.05) is 18.5 Å². The van der Waals surface area contributed by atoms with Gasteiger partial charge in [-0.2, -0.15) is 0 Å². The fourth-order valence-corrected chi connectivity index (χ4v) is 3.67. The molecule has 0 saturated heterocycles. The van der Waals surface area contributed by atoms with Gasteiger partial charge in [0, 0.05) is 25.8 Å². The van der Waals surface area contributed by atoms with Gasteiger partial charge in [-0.25, -0.2) is 0 Å². The fraction of sp³-hybridized carbons (Fsp3) is 0.294. The van der Waals surface area contributed by atoms with Crippen LogP contribution in [0.4, 0.5) is 11.4 Å². The average molecular weight is 279 g/mol. The van der Waals surface area contributed by atoms with Crippen LogP contribution in [0.15, 0.2) is 47.6 Å². The standard InChI is InChI=1S/C17H17N3O/c1-19-16-7-6-14(18-21)10-13(16)11-20-9-8-12-4-2-3-5-15(12)17(19)20/h2-7,10,17H,8-9,11H2,1H3/t17-/m0/s1. The van der Waals surface area contributed by atoms with Crippen LogP contribution in [0, 0.1) is 4.91 Å². The minimum Gasteiger partial charge on any atom is -0.355 e. The first kappa shape index (κ1) is 12.5. The van der Waals surface area contributed by atoms with Gasteiger partial charge in [-0.3, -0.25) is 4.90 Å². The van der Waals surface area contributed by atoms with Crippen molar-refractivity contribution in [2.24, 2.45) is 5.18 Å². The van der Waals surface area contributed by atoms with E-state index in [2.05, 4.69) is 46.3 Å². The molecule has 2 aromatic carbocycles. The van der Waals surface area contributed by atoms with Gasteiger partial charge in [-0.1, -0.05) is 24.3 Å². The Morgan fingerprint density at radius 1 is 1.14 bits per heavy atom. The molecule has 4 heteroatoms. The van der Waals surface area contributed by atoms with Gasteiger partial charge in [0.05, 0.1) is 0 Å². The van der Waals surface area contributed by atoms with Crippen LogP contribution in [0.1, 0.15) is 22.9 Å². The summed E-state index contributed by atoms with van der Waals surface area (Å²) in [6, 6.07) is 14.4. The van der Waals surface area contributed by atoms with Crippen LogP contribution in [0.25, 0.3) is 0 Å². The van der Waals surface area contributed by atoms with E-state index >= 15 is 0 Å². The van der Waals surface area contributed by atoms with Crippen molar-refractivity contribution >= 4 is 11.4 Å². The van der Waals surface area contributed by atoms with E-state index in [9.17, 15) is 4.91 Å². The van der Waals surface area contributed by atoms with Gasteiger partial charge in [-0.05, 0) is 46.5 Å². The molecule has 0 spiro atoms. The Hall–Kier alpha value is -2.20. The Balaban J connectivity index is 1.82. The van der Waals surface area contributed by atoms with E-state index in [0.717, 1.165) is 19.5 Å². The van der Waals surface area contributed by atoms with E-state index in [1.54, 1.807) is 6.07 Å². The summed E-state index contributed by atoms with van der Waals surface area (Å²) in [5.74, 6) is 0. The first-order chi connectivity index (χ1) is 10.3. The molecule has 0 aliphatic carbocycles. The number of nitroso groups, excluding NO2 is 1. The van der Waals surface area contributed by atoms with Gasteiger partial charge >= 0.3 is 0 Å². The number of rotatable bonds is 1. The highest BCUT2D eigenvalue weighted by atomic mass is 16.3. The first-order valence-corrected chi connectivity index (χ1v) is 7.29. The van der Waals surface area contributed by atoms with Crippen molar-refractivity contribution in [2.45, 2.75) is 19.1 Å². The third-order valence-corrected chi connectivity index (χ3v) is 4.64. The predicted molar refractivity (Wildman–Crippen MR) is 83.6 cm³/mol. The number of hydrogen-bond donors (Lipinski definition) is 0. The van der Waals surface area contributed by atoms with E-state index < -0.39 is 0 Å². The highest BCUT2D eigenvalue weighted by molar-refractivity contribution is 5.62. The van der Waals surface area contributed by atoms with Crippen LogP contribution >= 0.6 is 0 Å². The summed E-state index contributed by atoms with van der Waals surface area (Å²) in [5.41, 5.74) is 5.73. The molecular weight excluding hydrogens is 262 g/mol. The zero-order valence-corrected chi connectivity index (χ0v) is 12.0. The van der Waals surface area contributed by atoms with E-state index in [1.807, 2.05) is 12.1 Å². The van der Waals surface area contributed by atoms with E-state index in [-0.39, 0.29) is 6.17 Å². The molecule has 0 N–H and O–H groups in total. The highest BCUT2D eigenvalue weighted by Gasteiger charge is 2.35. The van der Waals surface area contributed by atoms with Gasteiger partial charge in [0.15, 0.2) is 0 Å². The normalized spacial score (nSPS) is 20.4. The molecule has 0 amide bonds. The maximum absolute atomic E-state index is 10.7. The molecule has 2 aliphatic rings. The van der Waals surface area contributed by atoms with E-state index in [1.165, 1.54) is 22.4 Å². The van der Waals surface area contributed by atoms with E-state index in [4.69, 9.17) is 0 Å². The molecule has 0 radical (unpaired) electrons. The zero-order valence-electron chi connectivity index (χ0n) is 12.0. The summed E-state index contributed by atoms with van der Waals surface area (Å²) in [5, 5.41) is 3.06. The van der Waals surface area contributed by atoms with Crippen molar-refractivity contribution in [3.05, 3.63) is 64.1 Å².